The second-order valence-corrected chi connectivity index (χ2v) is 7.86. The zero-order chi connectivity index (χ0) is 18.2. The van der Waals surface area contributed by atoms with Crippen LogP contribution in [0.1, 0.15) is 36.3 Å². The number of thiophene rings is 1. The Kier molecular flexibility index (Phi) is 9.50. The van der Waals surface area contributed by atoms with Crippen LogP contribution in [0.5, 0.6) is 0 Å². The number of hydrogen-bond donors (Lipinski definition) is 2. The van der Waals surface area contributed by atoms with Crippen molar-refractivity contribution < 1.29 is 0 Å². The van der Waals surface area contributed by atoms with Crippen LogP contribution in [0.15, 0.2) is 46.9 Å². The summed E-state index contributed by atoms with van der Waals surface area (Å²) in [6.45, 7) is 6.29. The largest absolute Gasteiger partial charge is 0.356 e. The number of halogens is 1. The summed E-state index contributed by atoms with van der Waals surface area (Å²) in [6.07, 6.45) is 4.14. The predicted molar refractivity (Wildman–Crippen MR) is 125 cm³/mol. The molecule has 0 spiro atoms. The van der Waals surface area contributed by atoms with Gasteiger partial charge in [0, 0.05) is 56.3 Å². The Morgan fingerprint density at radius 1 is 1.30 bits per heavy atom. The van der Waals surface area contributed by atoms with Crippen molar-refractivity contribution in [2.45, 2.75) is 38.3 Å². The van der Waals surface area contributed by atoms with Crippen LogP contribution in [0.25, 0.3) is 0 Å². The molecule has 1 aliphatic rings. The Hall–Kier alpha value is -1.19. The molecule has 0 radical (unpaired) electrons. The van der Waals surface area contributed by atoms with Gasteiger partial charge in [-0.1, -0.05) is 19.1 Å². The fourth-order valence-electron chi connectivity index (χ4n) is 3.27. The van der Waals surface area contributed by atoms with E-state index in [9.17, 15) is 0 Å². The highest BCUT2D eigenvalue weighted by molar-refractivity contribution is 14.0. The summed E-state index contributed by atoms with van der Waals surface area (Å²) in [4.78, 5) is 12.7. The molecule has 27 heavy (non-hydrogen) atoms. The van der Waals surface area contributed by atoms with Crippen molar-refractivity contribution in [3.05, 3.63) is 52.5 Å². The van der Waals surface area contributed by atoms with Crippen molar-refractivity contribution in [2.75, 3.05) is 26.7 Å². The summed E-state index contributed by atoms with van der Waals surface area (Å²) in [7, 11) is 1.85. The highest BCUT2D eigenvalue weighted by Crippen LogP contribution is 2.19. The lowest BCUT2D eigenvalue weighted by Gasteiger charge is -2.33. The zero-order valence-corrected chi connectivity index (χ0v) is 19.2. The van der Waals surface area contributed by atoms with Crippen molar-refractivity contribution in [3.63, 3.8) is 0 Å². The normalized spacial score (nSPS) is 17.2. The molecule has 1 unspecified atom stereocenters. The minimum Gasteiger partial charge on any atom is -0.356 e. The van der Waals surface area contributed by atoms with Gasteiger partial charge in [-0.2, -0.15) is 0 Å². The van der Waals surface area contributed by atoms with Gasteiger partial charge in [0.2, 0.25) is 0 Å². The van der Waals surface area contributed by atoms with E-state index in [1.807, 2.05) is 30.6 Å². The molecule has 148 valence electrons. The molecular formula is C20H30IN5S. The molecular weight excluding hydrogens is 469 g/mol. The lowest BCUT2D eigenvalue weighted by atomic mass is 10.0. The second-order valence-electron chi connectivity index (χ2n) is 6.89. The average Bonchev–Trinajstić information content (AvgIpc) is 3.22. The number of nitrogens with zero attached hydrogens (tertiary/aromatic N) is 3. The number of pyridine rings is 1. The smallest absolute Gasteiger partial charge is 0.191 e. The molecule has 0 aromatic carbocycles. The van der Waals surface area contributed by atoms with Gasteiger partial charge < -0.3 is 10.6 Å². The summed E-state index contributed by atoms with van der Waals surface area (Å²) < 4.78 is 0. The minimum atomic E-state index is 0. The fourth-order valence-corrected chi connectivity index (χ4v) is 4.05. The highest BCUT2D eigenvalue weighted by Gasteiger charge is 2.20. The first-order chi connectivity index (χ1) is 12.7. The quantitative estimate of drug-likeness (QED) is 0.362. The maximum atomic E-state index is 4.43. The van der Waals surface area contributed by atoms with Gasteiger partial charge in [0.1, 0.15) is 0 Å². The van der Waals surface area contributed by atoms with E-state index in [4.69, 9.17) is 0 Å². The molecule has 0 saturated carbocycles. The first-order valence-corrected chi connectivity index (χ1v) is 10.3. The molecule has 1 saturated heterocycles. The number of likely N-dealkylation sites (tertiary alicyclic amines) is 1. The van der Waals surface area contributed by atoms with Gasteiger partial charge in [0.25, 0.3) is 0 Å². The first-order valence-electron chi connectivity index (χ1n) is 9.37. The van der Waals surface area contributed by atoms with E-state index < -0.39 is 0 Å². The van der Waals surface area contributed by atoms with Crippen LogP contribution in [0.4, 0.5) is 0 Å². The van der Waals surface area contributed by atoms with Gasteiger partial charge in [-0.15, -0.1) is 35.3 Å². The Labute approximate surface area is 183 Å². The maximum absolute atomic E-state index is 4.43. The van der Waals surface area contributed by atoms with Crippen LogP contribution in [0, 0.1) is 0 Å². The van der Waals surface area contributed by atoms with Crippen LogP contribution in [-0.2, 0) is 6.54 Å². The van der Waals surface area contributed by atoms with Crippen LogP contribution in [-0.4, -0.2) is 48.6 Å². The van der Waals surface area contributed by atoms with E-state index in [0.29, 0.717) is 12.0 Å². The first kappa shape index (κ1) is 22.1. The number of hydrogen-bond acceptors (Lipinski definition) is 4. The van der Waals surface area contributed by atoms with Crippen LogP contribution < -0.4 is 10.6 Å². The SMILES string of the molecule is CN=C(NCC(C)c1cccs1)NC1CCN(Cc2ccccn2)CC1.I. The van der Waals surface area contributed by atoms with Crippen LogP contribution >= 0.6 is 35.3 Å². The maximum Gasteiger partial charge on any atom is 0.191 e. The van der Waals surface area contributed by atoms with E-state index in [2.05, 4.69) is 62.1 Å². The summed E-state index contributed by atoms with van der Waals surface area (Å²) in [5, 5.41) is 9.21. The van der Waals surface area contributed by atoms with Crippen LogP contribution in [0.2, 0.25) is 0 Å². The number of rotatable bonds is 6. The molecule has 5 nitrogen and oxygen atoms in total. The molecule has 2 N–H and O–H groups in total. The number of aromatic nitrogens is 1. The van der Waals surface area contributed by atoms with Crippen molar-refractivity contribution in [2.24, 2.45) is 4.99 Å². The average molecular weight is 499 g/mol. The fraction of sp³-hybridized carbons (Fsp3) is 0.500. The molecule has 3 rings (SSSR count). The number of piperidine rings is 1. The predicted octanol–water partition coefficient (Wildman–Crippen LogP) is 3.69. The topological polar surface area (TPSA) is 52.6 Å². The van der Waals surface area contributed by atoms with E-state index in [1.54, 1.807) is 0 Å². The Morgan fingerprint density at radius 3 is 2.74 bits per heavy atom. The van der Waals surface area contributed by atoms with Gasteiger partial charge in [-0.05, 0) is 36.4 Å². The van der Waals surface area contributed by atoms with E-state index in [1.165, 1.54) is 4.88 Å². The monoisotopic (exact) mass is 499 g/mol. The lowest BCUT2D eigenvalue weighted by molar-refractivity contribution is 0.196. The number of nitrogens with one attached hydrogen (secondary N) is 2. The highest BCUT2D eigenvalue weighted by atomic mass is 127. The molecule has 0 aliphatic carbocycles. The summed E-state index contributed by atoms with van der Waals surface area (Å²) in [6, 6.07) is 10.9. The number of guanidine groups is 1. The van der Waals surface area contributed by atoms with E-state index in [-0.39, 0.29) is 24.0 Å². The molecule has 0 amide bonds. The lowest BCUT2D eigenvalue weighted by Crippen LogP contribution is -2.49. The molecule has 1 aliphatic heterocycles. The van der Waals surface area contributed by atoms with Gasteiger partial charge >= 0.3 is 0 Å². The van der Waals surface area contributed by atoms with Crippen molar-refractivity contribution in [1.82, 2.24) is 20.5 Å². The molecule has 1 atom stereocenters. The molecule has 7 heteroatoms. The molecule has 0 bridgehead atoms. The molecule has 3 heterocycles. The third kappa shape index (κ3) is 7.04. The van der Waals surface area contributed by atoms with Gasteiger partial charge in [-0.3, -0.25) is 14.9 Å². The standard InChI is InChI=1S/C20H29N5S.HI/c1-16(19-7-5-13-26-19)14-23-20(21-2)24-17-8-11-25(12-9-17)15-18-6-3-4-10-22-18;/h3-7,10,13,16-17H,8-9,11-12,14-15H2,1-2H3,(H2,21,23,24);1H. The summed E-state index contributed by atoms with van der Waals surface area (Å²) in [5.74, 6) is 1.41. The van der Waals surface area contributed by atoms with E-state index >= 15 is 0 Å². The van der Waals surface area contributed by atoms with Crippen LogP contribution in [0.3, 0.4) is 0 Å². The third-order valence-electron chi connectivity index (χ3n) is 4.87. The molecule has 2 aromatic rings. The Balaban J connectivity index is 0.00000261. The van der Waals surface area contributed by atoms with Crippen molar-refractivity contribution in [3.8, 4) is 0 Å². The summed E-state index contributed by atoms with van der Waals surface area (Å²) >= 11 is 1.82. The van der Waals surface area contributed by atoms with Crippen molar-refractivity contribution >= 4 is 41.3 Å². The zero-order valence-electron chi connectivity index (χ0n) is 16.1. The Morgan fingerprint density at radius 2 is 2.11 bits per heavy atom. The van der Waals surface area contributed by atoms with Gasteiger partial charge in [-0.25, -0.2) is 0 Å². The summed E-state index contributed by atoms with van der Waals surface area (Å²) in [5.41, 5.74) is 1.15. The number of aliphatic imine (C=N–C) groups is 1. The second kappa shape index (κ2) is 11.6. The van der Waals surface area contributed by atoms with Gasteiger partial charge in [0.15, 0.2) is 5.96 Å². The van der Waals surface area contributed by atoms with Crippen molar-refractivity contribution in [1.29, 1.82) is 0 Å². The Bertz CT molecular complexity index is 669. The van der Waals surface area contributed by atoms with E-state index in [0.717, 1.165) is 50.7 Å². The molecule has 2 aromatic heterocycles. The molecule has 1 fully saturated rings. The minimum absolute atomic E-state index is 0. The van der Waals surface area contributed by atoms with Gasteiger partial charge in [0.05, 0.1) is 5.69 Å². The third-order valence-corrected chi connectivity index (χ3v) is 5.97.